The predicted octanol–water partition coefficient (Wildman–Crippen LogP) is 3.41. The molecule has 0 spiro atoms. The highest BCUT2D eigenvalue weighted by Gasteiger charge is 2.15. The predicted molar refractivity (Wildman–Crippen MR) is 105 cm³/mol. The van der Waals surface area contributed by atoms with Crippen LogP contribution in [0, 0.1) is 11.3 Å². The Morgan fingerprint density at radius 2 is 1.82 bits per heavy atom. The van der Waals surface area contributed by atoms with E-state index < -0.39 is 18.5 Å². The van der Waals surface area contributed by atoms with Crippen molar-refractivity contribution in [1.29, 1.82) is 5.26 Å². The van der Waals surface area contributed by atoms with Crippen LogP contribution in [0.3, 0.4) is 0 Å². The van der Waals surface area contributed by atoms with Crippen molar-refractivity contribution in [2.45, 2.75) is 19.9 Å². The summed E-state index contributed by atoms with van der Waals surface area (Å²) in [6, 6.07) is 18.0. The Bertz CT molecular complexity index is 868. The van der Waals surface area contributed by atoms with E-state index in [1.54, 1.807) is 30.3 Å². The number of hydrogen-bond acceptors (Lipinski definition) is 5. The second kappa shape index (κ2) is 10.5. The molecule has 1 N–H and O–H groups in total. The number of amides is 1. The molecule has 0 saturated heterocycles. The summed E-state index contributed by atoms with van der Waals surface area (Å²) in [7, 11) is 0. The minimum Gasteiger partial charge on any atom is -0.494 e. The molecule has 0 aromatic heterocycles. The van der Waals surface area contributed by atoms with E-state index >= 15 is 0 Å². The summed E-state index contributed by atoms with van der Waals surface area (Å²) in [6.07, 6.45) is 1.41. The summed E-state index contributed by atoms with van der Waals surface area (Å²) in [5, 5.41) is 12.0. The largest absolute Gasteiger partial charge is 0.494 e. The van der Waals surface area contributed by atoms with Crippen LogP contribution >= 0.6 is 0 Å². The summed E-state index contributed by atoms with van der Waals surface area (Å²) in [6.45, 7) is 3.81. The minimum atomic E-state index is -0.848. The van der Waals surface area contributed by atoms with Gasteiger partial charge in [0.25, 0.3) is 5.91 Å². The van der Waals surface area contributed by atoms with Crippen LogP contribution in [0.5, 0.6) is 5.75 Å². The van der Waals surface area contributed by atoms with Crippen LogP contribution in [0.2, 0.25) is 0 Å². The second-order valence-corrected chi connectivity index (χ2v) is 5.95. The summed E-state index contributed by atoms with van der Waals surface area (Å²) in [4.78, 5) is 24.1. The Morgan fingerprint density at radius 3 is 2.43 bits per heavy atom. The molecule has 0 aliphatic rings. The molecule has 0 aliphatic heterocycles. The number of nitriles is 1. The normalized spacial score (nSPS) is 11.8. The lowest BCUT2D eigenvalue weighted by molar-refractivity contribution is -0.144. The van der Waals surface area contributed by atoms with Gasteiger partial charge >= 0.3 is 5.97 Å². The third-order valence-electron chi connectivity index (χ3n) is 3.85. The first-order chi connectivity index (χ1) is 13.5. The molecule has 0 saturated carbocycles. The van der Waals surface area contributed by atoms with E-state index in [0.29, 0.717) is 17.9 Å². The number of nitrogens with zero attached hydrogens (tertiary/aromatic N) is 1. The number of rotatable bonds is 8. The molecule has 0 radical (unpaired) electrons. The monoisotopic (exact) mass is 378 g/mol. The van der Waals surface area contributed by atoms with Crippen molar-refractivity contribution in [3.63, 3.8) is 0 Å². The van der Waals surface area contributed by atoms with Crippen LogP contribution < -0.4 is 10.1 Å². The minimum absolute atomic E-state index is 0.187. The summed E-state index contributed by atoms with van der Waals surface area (Å²) < 4.78 is 10.3. The van der Waals surface area contributed by atoms with E-state index in [1.807, 2.05) is 44.2 Å². The zero-order valence-corrected chi connectivity index (χ0v) is 15.8. The van der Waals surface area contributed by atoms with E-state index in [2.05, 4.69) is 5.32 Å². The fraction of sp³-hybridized carbons (Fsp3) is 0.227. The third kappa shape index (κ3) is 6.29. The van der Waals surface area contributed by atoms with Crippen molar-refractivity contribution in [3.05, 3.63) is 71.3 Å². The Balaban J connectivity index is 1.91. The van der Waals surface area contributed by atoms with Gasteiger partial charge in [-0.2, -0.15) is 5.26 Å². The Morgan fingerprint density at radius 1 is 1.14 bits per heavy atom. The van der Waals surface area contributed by atoms with Gasteiger partial charge in [-0.05, 0) is 43.2 Å². The maximum absolute atomic E-state index is 12.1. The lowest BCUT2D eigenvalue weighted by atomic mass is 10.1. The first-order valence-electron chi connectivity index (χ1n) is 8.89. The first kappa shape index (κ1) is 20.7. The Labute approximate surface area is 164 Å². The smallest absolute Gasteiger partial charge is 0.349 e. The van der Waals surface area contributed by atoms with Crippen LogP contribution in [0.1, 0.15) is 31.0 Å². The van der Waals surface area contributed by atoms with Gasteiger partial charge in [-0.3, -0.25) is 4.79 Å². The van der Waals surface area contributed by atoms with Crippen molar-refractivity contribution in [2.75, 3.05) is 13.2 Å². The van der Waals surface area contributed by atoms with Crippen LogP contribution in [-0.2, 0) is 14.3 Å². The molecule has 28 heavy (non-hydrogen) atoms. The fourth-order valence-corrected chi connectivity index (χ4v) is 2.45. The average molecular weight is 378 g/mol. The molecular formula is C22H22N2O4. The van der Waals surface area contributed by atoms with Gasteiger partial charge in [0.05, 0.1) is 12.6 Å². The average Bonchev–Trinajstić information content (AvgIpc) is 2.72. The highest BCUT2D eigenvalue weighted by molar-refractivity contribution is 5.98. The number of hydrogen-bond donors (Lipinski definition) is 1. The Hall–Kier alpha value is -3.59. The van der Waals surface area contributed by atoms with E-state index in [9.17, 15) is 14.9 Å². The number of esters is 1. The fourth-order valence-electron chi connectivity index (χ4n) is 2.45. The van der Waals surface area contributed by atoms with Crippen LogP contribution in [0.15, 0.2) is 60.2 Å². The topological polar surface area (TPSA) is 88.4 Å². The van der Waals surface area contributed by atoms with Gasteiger partial charge in [-0.1, -0.05) is 42.5 Å². The second-order valence-electron chi connectivity index (χ2n) is 5.95. The van der Waals surface area contributed by atoms with Gasteiger partial charge in [-0.15, -0.1) is 0 Å². The summed E-state index contributed by atoms with van der Waals surface area (Å²) in [5.74, 6) is -0.591. The van der Waals surface area contributed by atoms with E-state index in [4.69, 9.17) is 9.47 Å². The van der Waals surface area contributed by atoms with E-state index in [1.165, 1.54) is 6.08 Å². The molecule has 6 nitrogen and oxygen atoms in total. The zero-order valence-electron chi connectivity index (χ0n) is 15.8. The molecule has 0 heterocycles. The van der Waals surface area contributed by atoms with Gasteiger partial charge in [0.1, 0.15) is 17.4 Å². The van der Waals surface area contributed by atoms with Crippen molar-refractivity contribution in [3.8, 4) is 11.8 Å². The molecule has 144 valence electrons. The molecule has 0 aliphatic carbocycles. The molecule has 1 amide bonds. The maximum atomic E-state index is 12.1. The maximum Gasteiger partial charge on any atom is 0.349 e. The van der Waals surface area contributed by atoms with Crippen molar-refractivity contribution in [2.24, 2.45) is 0 Å². The SMILES string of the molecule is CCOc1ccc(/C=C(\C#N)C(=O)OCC(=O)N[C@@H](C)c2ccccc2)cc1. The van der Waals surface area contributed by atoms with Gasteiger partial charge < -0.3 is 14.8 Å². The lowest BCUT2D eigenvalue weighted by Gasteiger charge is -2.14. The molecule has 0 bridgehead atoms. The van der Waals surface area contributed by atoms with E-state index in [-0.39, 0.29) is 11.6 Å². The molecular weight excluding hydrogens is 356 g/mol. The highest BCUT2D eigenvalue weighted by Crippen LogP contribution is 2.15. The van der Waals surface area contributed by atoms with E-state index in [0.717, 1.165) is 5.56 Å². The highest BCUT2D eigenvalue weighted by atomic mass is 16.5. The lowest BCUT2D eigenvalue weighted by Crippen LogP contribution is -2.31. The van der Waals surface area contributed by atoms with Crippen LogP contribution in [-0.4, -0.2) is 25.1 Å². The van der Waals surface area contributed by atoms with Crippen molar-refractivity contribution >= 4 is 18.0 Å². The molecule has 1 atom stereocenters. The van der Waals surface area contributed by atoms with Gasteiger partial charge in [0.15, 0.2) is 6.61 Å². The number of ether oxygens (including phenoxy) is 2. The molecule has 2 rings (SSSR count). The molecule has 6 heteroatoms. The van der Waals surface area contributed by atoms with Crippen molar-refractivity contribution < 1.29 is 19.1 Å². The first-order valence-corrected chi connectivity index (χ1v) is 8.89. The standard InChI is InChI=1S/C22H22N2O4/c1-3-27-20-11-9-17(10-12-20)13-19(14-23)22(26)28-15-21(25)24-16(2)18-7-5-4-6-8-18/h4-13,16H,3,15H2,1-2H3,(H,24,25)/b19-13+/t16-/m0/s1. The molecule has 2 aromatic carbocycles. The van der Waals surface area contributed by atoms with Crippen LogP contribution in [0.25, 0.3) is 6.08 Å². The summed E-state index contributed by atoms with van der Waals surface area (Å²) >= 11 is 0. The molecule has 0 unspecified atom stereocenters. The zero-order chi connectivity index (χ0) is 20.4. The number of carbonyl (C=O) groups excluding carboxylic acids is 2. The number of nitrogens with one attached hydrogen (secondary N) is 1. The number of carbonyl (C=O) groups is 2. The summed E-state index contributed by atoms with van der Waals surface area (Å²) in [5.41, 5.74) is 1.41. The van der Waals surface area contributed by atoms with Gasteiger partial charge in [-0.25, -0.2) is 4.79 Å². The quantitative estimate of drug-likeness (QED) is 0.432. The third-order valence-corrected chi connectivity index (χ3v) is 3.85. The molecule has 0 fully saturated rings. The van der Waals surface area contributed by atoms with Crippen LogP contribution in [0.4, 0.5) is 0 Å². The van der Waals surface area contributed by atoms with Crippen molar-refractivity contribution in [1.82, 2.24) is 5.32 Å². The Kier molecular flexibility index (Phi) is 7.79. The van der Waals surface area contributed by atoms with Gasteiger partial charge in [0, 0.05) is 0 Å². The van der Waals surface area contributed by atoms with Gasteiger partial charge in [0.2, 0.25) is 0 Å². The molecule has 2 aromatic rings. The number of benzene rings is 2.